The number of aromatic amines is 1. The Bertz CT molecular complexity index is 1110. The maximum Gasteiger partial charge on any atom is 0.258 e. The van der Waals surface area contributed by atoms with Crippen LogP contribution in [0, 0.1) is 0 Å². The fraction of sp³-hybridized carbons (Fsp3) is 0.348. The van der Waals surface area contributed by atoms with E-state index in [9.17, 15) is 9.59 Å². The van der Waals surface area contributed by atoms with Crippen LogP contribution in [0.5, 0.6) is 5.75 Å². The zero-order valence-corrected chi connectivity index (χ0v) is 17.5. The molecule has 0 atom stereocenters. The van der Waals surface area contributed by atoms with Gasteiger partial charge in [0.15, 0.2) is 0 Å². The Balaban J connectivity index is 1.29. The second-order valence-corrected chi connectivity index (χ2v) is 7.29. The molecular formula is C23H26N4O4. The lowest BCUT2D eigenvalue weighted by Gasteiger charge is -2.36. The average molecular weight is 422 g/mol. The molecule has 0 saturated carbocycles. The number of amides is 1. The number of benzene rings is 2. The summed E-state index contributed by atoms with van der Waals surface area (Å²) in [6.07, 6.45) is 0. The van der Waals surface area contributed by atoms with E-state index >= 15 is 0 Å². The number of para-hydroxylation sites is 3. The van der Waals surface area contributed by atoms with E-state index in [1.54, 1.807) is 23.1 Å². The van der Waals surface area contributed by atoms with Crippen LogP contribution in [0.15, 0.2) is 53.3 Å². The number of rotatable bonds is 7. The van der Waals surface area contributed by atoms with Crippen molar-refractivity contribution in [1.29, 1.82) is 0 Å². The van der Waals surface area contributed by atoms with Crippen LogP contribution in [-0.2, 0) is 16.1 Å². The first kappa shape index (κ1) is 20.9. The molecule has 1 saturated heterocycles. The highest BCUT2D eigenvalue weighted by Crippen LogP contribution is 2.28. The van der Waals surface area contributed by atoms with Gasteiger partial charge < -0.3 is 24.3 Å². The number of carbonyl (C=O) groups is 1. The molecule has 0 radical (unpaired) electrons. The molecule has 1 aliphatic rings. The van der Waals surface area contributed by atoms with Crippen LogP contribution in [0.3, 0.4) is 0 Å². The molecule has 2 heterocycles. The predicted molar refractivity (Wildman–Crippen MR) is 118 cm³/mol. The number of aromatic nitrogens is 2. The summed E-state index contributed by atoms with van der Waals surface area (Å²) in [7, 11) is 0. The predicted octanol–water partition coefficient (Wildman–Crippen LogP) is 2.19. The first-order valence-electron chi connectivity index (χ1n) is 10.5. The van der Waals surface area contributed by atoms with Gasteiger partial charge in [-0.3, -0.25) is 9.59 Å². The normalized spacial score (nSPS) is 14.1. The van der Waals surface area contributed by atoms with Gasteiger partial charge in [-0.25, -0.2) is 4.98 Å². The highest BCUT2D eigenvalue weighted by molar-refractivity contribution is 5.78. The summed E-state index contributed by atoms with van der Waals surface area (Å²) in [6, 6.07) is 15.1. The summed E-state index contributed by atoms with van der Waals surface area (Å²) in [5.41, 5.74) is 1.46. The van der Waals surface area contributed by atoms with E-state index in [0.717, 1.165) is 24.5 Å². The number of anilines is 1. The fourth-order valence-electron chi connectivity index (χ4n) is 3.72. The smallest absolute Gasteiger partial charge is 0.258 e. The Morgan fingerprint density at radius 3 is 2.61 bits per heavy atom. The number of carbonyl (C=O) groups excluding carboxylic acids is 1. The molecule has 1 aromatic heterocycles. The number of hydrogen-bond acceptors (Lipinski definition) is 6. The third-order valence-electron chi connectivity index (χ3n) is 5.26. The molecule has 8 heteroatoms. The second kappa shape index (κ2) is 9.61. The van der Waals surface area contributed by atoms with Crippen LogP contribution >= 0.6 is 0 Å². The molecule has 1 fully saturated rings. The topological polar surface area (TPSA) is 87.8 Å². The van der Waals surface area contributed by atoms with E-state index in [4.69, 9.17) is 9.47 Å². The number of piperazine rings is 1. The fourth-order valence-corrected chi connectivity index (χ4v) is 3.72. The van der Waals surface area contributed by atoms with Crippen molar-refractivity contribution >= 4 is 22.5 Å². The molecule has 3 aromatic rings. The average Bonchev–Trinajstić information content (AvgIpc) is 2.80. The second-order valence-electron chi connectivity index (χ2n) is 7.29. The summed E-state index contributed by atoms with van der Waals surface area (Å²) >= 11 is 0. The van der Waals surface area contributed by atoms with E-state index in [-0.39, 0.29) is 24.7 Å². The number of H-pyrrole nitrogens is 1. The minimum atomic E-state index is -0.209. The molecule has 1 N–H and O–H groups in total. The standard InChI is InChI=1S/C23H26N4O4/c1-2-31-20-10-6-5-9-19(20)26-11-13-27(14-12-26)22(28)16-30-15-21-24-18-8-4-3-7-17(18)23(29)25-21/h3-10H,2,11-16H2,1H3,(H,24,25,29). The minimum Gasteiger partial charge on any atom is -0.492 e. The van der Waals surface area contributed by atoms with Crippen molar-refractivity contribution < 1.29 is 14.3 Å². The van der Waals surface area contributed by atoms with E-state index in [1.807, 2.05) is 37.3 Å². The number of fused-ring (bicyclic) bond motifs is 1. The monoisotopic (exact) mass is 422 g/mol. The van der Waals surface area contributed by atoms with Crippen molar-refractivity contribution in [2.24, 2.45) is 0 Å². The third kappa shape index (κ3) is 4.86. The highest BCUT2D eigenvalue weighted by Gasteiger charge is 2.23. The van der Waals surface area contributed by atoms with E-state index in [2.05, 4.69) is 14.9 Å². The Kier molecular flexibility index (Phi) is 6.47. The largest absolute Gasteiger partial charge is 0.492 e. The van der Waals surface area contributed by atoms with Crippen molar-refractivity contribution in [3.8, 4) is 5.75 Å². The number of ether oxygens (including phenoxy) is 2. The molecular weight excluding hydrogens is 396 g/mol. The Morgan fingerprint density at radius 1 is 1.06 bits per heavy atom. The maximum absolute atomic E-state index is 12.5. The number of hydrogen-bond donors (Lipinski definition) is 1. The van der Waals surface area contributed by atoms with Gasteiger partial charge >= 0.3 is 0 Å². The van der Waals surface area contributed by atoms with Crippen LogP contribution in [0.2, 0.25) is 0 Å². The summed E-state index contributed by atoms with van der Waals surface area (Å²) in [5, 5.41) is 0.533. The molecule has 4 rings (SSSR count). The molecule has 8 nitrogen and oxygen atoms in total. The minimum absolute atomic E-state index is 0.0495. The highest BCUT2D eigenvalue weighted by atomic mass is 16.5. The van der Waals surface area contributed by atoms with Crippen LogP contribution in [-0.4, -0.2) is 60.2 Å². The zero-order valence-electron chi connectivity index (χ0n) is 17.5. The summed E-state index contributed by atoms with van der Waals surface area (Å²) in [4.78, 5) is 35.8. The quantitative estimate of drug-likeness (QED) is 0.628. The lowest BCUT2D eigenvalue weighted by atomic mass is 10.2. The van der Waals surface area contributed by atoms with Crippen molar-refractivity contribution in [3.05, 3.63) is 64.7 Å². The van der Waals surface area contributed by atoms with Gasteiger partial charge in [-0.1, -0.05) is 24.3 Å². The maximum atomic E-state index is 12.5. The van der Waals surface area contributed by atoms with Crippen molar-refractivity contribution in [2.45, 2.75) is 13.5 Å². The van der Waals surface area contributed by atoms with Gasteiger partial charge in [-0.15, -0.1) is 0 Å². The van der Waals surface area contributed by atoms with E-state index in [0.29, 0.717) is 36.4 Å². The van der Waals surface area contributed by atoms with Crippen molar-refractivity contribution in [2.75, 3.05) is 44.3 Å². The van der Waals surface area contributed by atoms with Gasteiger partial charge in [0.25, 0.3) is 5.56 Å². The molecule has 0 bridgehead atoms. The van der Waals surface area contributed by atoms with Gasteiger partial charge in [0, 0.05) is 26.2 Å². The Labute approximate surface area is 180 Å². The van der Waals surface area contributed by atoms with Crippen LogP contribution in [0.4, 0.5) is 5.69 Å². The van der Waals surface area contributed by atoms with E-state index in [1.165, 1.54) is 0 Å². The number of nitrogens with one attached hydrogen (secondary N) is 1. The van der Waals surface area contributed by atoms with Crippen LogP contribution < -0.4 is 15.2 Å². The van der Waals surface area contributed by atoms with Gasteiger partial charge in [-0.05, 0) is 31.2 Å². The SMILES string of the molecule is CCOc1ccccc1N1CCN(C(=O)COCc2nc3ccccc3c(=O)[nH]2)CC1. The zero-order chi connectivity index (χ0) is 21.6. The Morgan fingerprint density at radius 2 is 1.81 bits per heavy atom. The van der Waals surface area contributed by atoms with Gasteiger partial charge in [0.05, 0.1) is 23.2 Å². The first-order chi connectivity index (χ1) is 15.2. The molecule has 162 valence electrons. The lowest BCUT2D eigenvalue weighted by molar-refractivity contribution is -0.136. The van der Waals surface area contributed by atoms with E-state index < -0.39 is 0 Å². The Hall–Kier alpha value is -3.39. The van der Waals surface area contributed by atoms with Crippen LogP contribution in [0.25, 0.3) is 10.9 Å². The lowest BCUT2D eigenvalue weighted by Crippen LogP contribution is -2.49. The molecule has 0 unspecified atom stereocenters. The number of nitrogens with zero attached hydrogens (tertiary/aromatic N) is 3. The van der Waals surface area contributed by atoms with Gasteiger partial charge in [0.2, 0.25) is 5.91 Å². The molecule has 0 spiro atoms. The summed E-state index contributed by atoms with van der Waals surface area (Å²) < 4.78 is 11.3. The van der Waals surface area contributed by atoms with Crippen molar-refractivity contribution in [1.82, 2.24) is 14.9 Å². The summed E-state index contributed by atoms with van der Waals surface area (Å²) in [6.45, 7) is 5.31. The summed E-state index contributed by atoms with van der Waals surface area (Å²) in [5.74, 6) is 1.21. The van der Waals surface area contributed by atoms with Gasteiger partial charge in [-0.2, -0.15) is 0 Å². The molecule has 1 aliphatic heterocycles. The molecule has 31 heavy (non-hydrogen) atoms. The molecule has 2 aromatic carbocycles. The first-order valence-corrected chi connectivity index (χ1v) is 10.5. The third-order valence-corrected chi connectivity index (χ3v) is 5.26. The van der Waals surface area contributed by atoms with Gasteiger partial charge in [0.1, 0.15) is 24.8 Å². The molecule has 0 aliphatic carbocycles. The van der Waals surface area contributed by atoms with Crippen molar-refractivity contribution in [3.63, 3.8) is 0 Å². The van der Waals surface area contributed by atoms with Crippen LogP contribution in [0.1, 0.15) is 12.7 Å². The molecule has 1 amide bonds.